The molecular weight excluding hydrogens is 144 g/mol. The average molecular weight is 158 g/mol. The molecule has 0 atom stereocenters. The van der Waals surface area contributed by atoms with Crippen LogP contribution < -0.4 is 0 Å². The van der Waals surface area contributed by atoms with Gasteiger partial charge in [0.25, 0.3) is 0 Å². The lowest BCUT2D eigenvalue weighted by molar-refractivity contribution is -0.111. The molecule has 0 fully saturated rings. The molecule has 0 bridgehead atoms. The maximum atomic E-state index is 10.8. The highest BCUT2D eigenvalue weighted by Gasteiger charge is 1.97. The molecule has 2 heteroatoms. The van der Waals surface area contributed by atoms with Crippen molar-refractivity contribution in [2.75, 3.05) is 0 Å². The van der Waals surface area contributed by atoms with Gasteiger partial charge in [0.1, 0.15) is 0 Å². The zero-order valence-corrected chi connectivity index (χ0v) is 7.25. The molecule has 1 nitrogen and oxygen atoms in total. The van der Waals surface area contributed by atoms with Crippen molar-refractivity contribution in [2.24, 2.45) is 0 Å². The van der Waals surface area contributed by atoms with Crippen LogP contribution in [0.2, 0.25) is 0 Å². The molecule has 0 aliphatic rings. The maximum Gasteiger partial charge on any atom is 0.193 e. The molecule has 0 aliphatic carbocycles. The molecule has 58 valence electrons. The molecular formula is C8H14OS. The topological polar surface area (TPSA) is 17.1 Å². The van der Waals surface area contributed by atoms with Crippen molar-refractivity contribution in [3.63, 3.8) is 0 Å². The molecule has 0 N–H and O–H groups in total. The summed E-state index contributed by atoms with van der Waals surface area (Å²) in [6, 6.07) is 0. The predicted molar refractivity (Wildman–Crippen MR) is 46.9 cm³/mol. The second kappa shape index (κ2) is 6.87. The van der Waals surface area contributed by atoms with Crippen molar-refractivity contribution in [3.05, 3.63) is 12.0 Å². The fourth-order valence-electron chi connectivity index (χ4n) is 0.671. The van der Waals surface area contributed by atoms with Crippen LogP contribution in [0.1, 0.15) is 32.6 Å². The molecule has 0 rings (SSSR count). The summed E-state index contributed by atoms with van der Waals surface area (Å²) in [6.45, 7) is 5.60. The summed E-state index contributed by atoms with van der Waals surface area (Å²) in [6.07, 6.45) is 4.05. The fourth-order valence-corrected chi connectivity index (χ4v) is 1.12. The molecule has 0 heterocycles. The molecule has 0 radical (unpaired) electrons. The van der Waals surface area contributed by atoms with E-state index in [4.69, 9.17) is 0 Å². The fraction of sp³-hybridized carbons (Fsp3) is 0.625. The SMILES string of the molecule is C=CSC(=O)CCCCC. The highest BCUT2D eigenvalue weighted by atomic mass is 32.2. The summed E-state index contributed by atoms with van der Waals surface area (Å²) in [7, 11) is 0. The van der Waals surface area contributed by atoms with Crippen LogP contribution in [0.15, 0.2) is 12.0 Å². The Morgan fingerprint density at radius 2 is 2.30 bits per heavy atom. The molecule has 0 unspecified atom stereocenters. The highest BCUT2D eigenvalue weighted by Crippen LogP contribution is 2.09. The van der Waals surface area contributed by atoms with Crippen molar-refractivity contribution >= 4 is 16.9 Å². The van der Waals surface area contributed by atoms with Crippen LogP contribution in [0.3, 0.4) is 0 Å². The third-order valence-electron chi connectivity index (χ3n) is 1.20. The van der Waals surface area contributed by atoms with Gasteiger partial charge in [0, 0.05) is 6.42 Å². The lowest BCUT2D eigenvalue weighted by Crippen LogP contribution is -1.88. The van der Waals surface area contributed by atoms with E-state index in [2.05, 4.69) is 13.5 Å². The average Bonchev–Trinajstić information content (AvgIpc) is 1.89. The van der Waals surface area contributed by atoms with Crippen LogP contribution in [0.25, 0.3) is 0 Å². The number of unbranched alkanes of at least 4 members (excludes halogenated alkanes) is 2. The Morgan fingerprint density at radius 1 is 1.60 bits per heavy atom. The van der Waals surface area contributed by atoms with E-state index >= 15 is 0 Å². The van der Waals surface area contributed by atoms with Gasteiger partial charge >= 0.3 is 0 Å². The van der Waals surface area contributed by atoms with Gasteiger partial charge in [0.05, 0.1) is 0 Å². The first-order chi connectivity index (χ1) is 4.81. The third kappa shape index (κ3) is 5.89. The largest absolute Gasteiger partial charge is 0.287 e. The van der Waals surface area contributed by atoms with Crippen molar-refractivity contribution < 1.29 is 4.79 Å². The van der Waals surface area contributed by atoms with Gasteiger partial charge in [-0.15, -0.1) is 0 Å². The standard InChI is InChI=1S/C8H14OS/c1-3-5-6-7-8(9)10-4-2/h4H,2-3,5-7H2,1H3. The van der Waals surface area contributed by atoms with Gasteiger partial charge in [0.2, 0.25) is 0 Å². The summed E-state index contributed by atoms with van der Waals surface area (Å²) in [4.78, 5) is 10.8. The molecule has 0 saturated heterocycles. The van der Waals surface area contributed by atoms with Gasteiger partial charge in [-0.1, -0.05) is 38.1 Å². The quantitative estimate of drug-likeness (QED) is 0.572. The summed E-state index contributed by atoms with van der Waals surface area (Å²) in [5.41, 5.74) is 0. The summed E-state index contributed by atoms with van der Waals surface area (Å²) >= 11 is 1.21. The van der Waals surface area contributed by atoms with Gasteiger partial charge in [-0.2, -0.15) is 0 Å². The maximum absolute atomic E-state index is 10.8. The Labute approximate surface area is 66.9 Å². The van der Waals surface area contributed by atoms with E-state index in [1.165, 1.54) is 18.2 Å². The van der Waals surface area contributed by atoms with Crippen molar-refractivity contribution in [1.29, 1.82) is 0 Å². The van der Waals surface area contributed by atoms with Crippen LogP contribution in [-0.2, 0) is 4.79 Å². The summed E-state index contributed by atoms with van der Waals surface area (Å²) < 4.78 is 0. The van der Waals surface area contributed by atoms with E-state index in [9.17, 15) is 4.79 Å². The Bertz CT molecular complexity index is 110. The van der Waals surface area contributed by atoms with E-state index in [0.29, 0.717) is 6.42 Å². The monoisotopic (exact) mass is 158 g/mol. The molecule has 0 saturated carbocycles. The predicted octanol–water partition coefficient (Wildman–Crippen LogP) is 2.97. The van der Waals surface area contributed by atoms with Crippen LogP contribution >= 0.6 is 11.8 Å². The number of hydrogen-bond acceptors (Lipinski definition) is 2. The van der Waals surface area contributed by atoms with Gasteiger partial charge in [-0.25, -0.2) is 0 Å². The first kappa shape index (κ1) is 9.76. The Balaban J connectivity index is 3.13. The van der Waals surface area contributed by atoms with E-state index in [1.807, 2.05) is 0 Å². The second-order valence-electron chi connectivity index (χ2n) is 2.11. The van der Waals surface area contributed by atoms with Crippen LogP contribution in [0.4, 0.5) is 0 Å². The Hall–Kier alpha value is -0.240. The van der Waals surface area contributed by atoms with E-state index in [0.717, 1.165) is 12.8 Å². The zero-order chi connectivity index (χ0) is 7.82. The number of rotatable bonds is 5. The second-order valence-corrected chi connectivity index (χ2v) is 3.14. The lowest BCUT2D eigenvalue weighted by atomic mass is 10.2. The van der Waals surface area contributed by atoms with Gasteiger partial charge < -0.3 is 0 Å². The minimum Gasteiger partial charge on any atom is -0.287 e. The molecule has 0 aromatic rings. The van der Waals surface area contributed by atoms with Crippen molar-refractivity contribution in [1.82, 2.24) is 0 Å². The van der Waals surface area contributed by atoms with E-state index in [1.54, 1.807) is 5.41 Å². The minimum absolute atomic E-state index is 0.239. The third-order valence-corrected chi connectivity index (χ3v) is 1.83. The number of carbonyl (C=O) groups is 1. The first-order valence-corrected chi connectivity index (χ1v) is 4.49. The van der Waals surface area contributed by atoms with Crippen LogP contribution in [0.5, 0.6) is 0 Å². The molecule has 0 amide bonds. The van der Waals surface area contributed by atoms with Gasteiger partial charge in [-0.3, -0.25) is 4.79 Å². The molecule has 0 aromatic heterocycles. The Morgan fingerprint density at radius 3 is 2.80 bits per heavy atom. The molecule has 0 aliphatic heterocycles. The van der Waals surface area contributed by atoms with Gasteiger partial charge in [0.15, 0.2) is 5.12 Å². The lowest BCUT2D eigenvalue weighted by Gasteiger charge is -1.94. The van der Waals surface area contributed by atoms with E-state index < -0.39 is 0 Å². The first-order valence-electron chi connectivity index (χ1n) is 3.61. The zero-order valence-electron chi connectivity index (χ0n) is 6.43. The van der Waals surface area contributed by atoms with Gasteiger partial charge in [-0.05, 0) is 11.8 Å². The van der Waals surface area contributed by atoms with Crippen LogP contribution in [-0.4, -0.2) is 5.12 Å². The summed E-state index contributed by atoms with van der Waals surface area (Å²) in [5, 5.41) is 1.83. The van der Waals surface area contributed by atoms with Crippen LogP contribution in [0, 0.1) is 0 Å². The summed E-state index contributed by atoms with van der Waals surface area (Å²) in [5.74, 6) is 0. The van der Waals surface area contributed by atoms with Crippen molar-refractivity contribution in [3.8, 4) is 0 Å². The normalized spacial score (nSPS) is 9.30. The van der Waals surface area contributed by atoms with E-state index in [-0.39, 0.29) is 5.12 Å². The van der Waals surface area contributed by atoms with Crippen molar-refractivity contribution in [2.45, 2.75) is 32.6 Å². The highest BCUT2D eigenvalue weighted by molar-refractivity contribution is 8.16. The Kier molecular flexibility index (Phi) is 6.71. The molecule has 10 heavy (non-hydrogen) atoms. The minimum atomic E-state index is 0.239. The number of carbonyl (C=O) groups excluding carboxylic acids is 1. The molecule has 0 aromatic carbocycles. The smallest absolute Gasteiger partial charge is 0.193 e. The number of thioether (sulfide) groups is 1. The molecule has 0 spiro atoms. The number of hydrogen-bond donors (Lipinski definition) is 0.